The van der Waals surface area contributed by atoms with Gasteiger partial charge in [-0.15, -0.1) is 0 Å². The van der Waals surface area contributed by atoms with Gasteiger partial charge in [0.15, 0.2) is 0 Å². The molecule has 0 spiro atoms. The van der Waals surface area contributed by atoms with E-state index >= 15 is 0 Å². The number of halogens is 3. The quantitative estimate of drug-likeness (QED) is 0.863. The van der Waals surface area contributed by atoms with Crippen LogP contribution in [0.2, 0.25) is 0 Å². The van der Waals surface area contributed by atoms with Gasteiger partial charge in [0.05, 0.1) is 11.6 Å². The highest BCUT2D eigenvalue weighted by molar-refractivity contribution is 5.97. The molecule has 5 nitrogen and oxygen atoms in total. The average molecular weight is 347 g/mol. The van der Waals surface area contributed by atoms with Crippen LogP contribution in [0, 0.1) is 28.8 Å². The second-order valence-electron chi connectivity index (χ2n) is 5.15. The highest BCUT2D eigenvalue weighted by Crippen LogP contribution is 2.16. The molecular formula is C17H12F3N3O2. The van der Waals surface area contributed by atoms with Gasteiger partial charge in [0, 0.05) is 18.6 Å². The summed E-state index contributed by atoms with van der Waals surface area (Å²) in [4.78, 5) is 23.6. The van der Waals surface area contributed by atoms with E-state index in [1.165, 1.54) is 6.07 Å². The number of amides is 2. The number of benzene rings is 2. The van der Waals surface area contributed by atoms with Crippen molar-refractivity contribution in [1.29, 1.82) is 5.26 Å². The second-order valence-corrected chi connectivity index (χ2v) is 5.15. The predicted molar refractivity (Wildman–Crippen MR) is 81.6 cm³/mol. The normalized spacial score (nSPS) is 11.4. The van der Waals surface area contributed by atoms with E-state index in [0.29, 0.717) is 17.7 Å². The number of nitrogens with zero attached hydrogens (tertiary/aromatic N) is 1. The summed E-state index contributed by atoms with van der Waals surface area (Å²) < 4.78 is 40.2. The first-order valence-corrected chi connectivity index (χ1v) is 7.06. The maximum atomic E-state index is 13.7. The molecule has 1 atom stereocenters. The third kappa shape index (κ3) is 4.14. The molecule has 0 unspecified atom stereocenters. The van der Waals surface area contributed by atoms with Crippen molar-refractivity contribution in [3.8, 4) is 6.07 Å². The maximum absolute atomic E-state index is 13.7. The van der Waals surface area contributed by atoms with Gasteiger partial charge in [0.1, 0.15) is 29.1 Å². The lowest BCUT2D eigenvalue weighted by molar-refractivity contribution is -0.119. The van der Waals surface area contributed by atoms with Crippen molar-refractivity contribution in [3.05, 3.63) is 70.5 Å². The lowest BCUT2D eigenvalue weighted by atomic mass is 10.00. The SMILES string of the molecule is N#Cc1ccccc1C[C@H](NC(=O)c1c(F)cc(F)cc1F)C(N)=O. The first kappa shape index (κ1) is 18.0. The molecule has 2 aromatic rings. The van der Waals surface area contributed by atoms with Gasteiger partial charge in [-0.05, 0) is 11.6 Å². The zero-order chi connectivity index (χ0) is 18.6. The first-order chi connectivity index (χ1) is 11.8. The summed E-state index contributed by atoms with van der Waals surface area (Å²) in [5.74, 6) is -6.20. The molecule has 128 valence electrons. The Morgan fingerprint density at radius 1 is 1.16 bits per heavy atom. The molecule has 0 radical (unpaired) electrons. The highest BCUT2D eigenvalue weighted by atomic mass is 19.1. The summed E-state index contributed by atoms with van der Waals surface area (Å²) in [5.41, 5.74) is 4.88. The van der Waals surface area contributed by atoms with Crippen LogP contribution in [0.4, 0.5) is 13.2 Å². The summed E-state index contributed by atoms with van der Waals surface area (Å²) in [7, 11) is 0. The fourth-order valence-corrected chi connectivity index (χ4v) is 2.24. The van der Waals surface area contributed by atoms with E-state index < -0.39 is 40.9 Å². The van der Waals surface area contributed by atoms with Gasteiger partial charge in [-0.2, -0.15) is 5.26 Å². The molecule has 0 aromatic heterocycles. The molecule has 0 saturated heterocycles. The van der Waals surface area contributed by atoms with Crippen LogP contribution >= 0.6 is 0 Å². The highest BCUT2D eigenvalue weighted by Gasteiger charge is 2.25. The Bertz CT molecular complexity index is 855. The van der Waals surface area contributed by atoms with Gasteiger partial charge in [-0.3, -0.25) is 9.59 Å². The number of carbonyl (C=O) groups excluding carboxylic acids is 2. The number of hydrogen-bond acceptors (Lipinski definition) is 3. The van der Waals surface area contributed by atoms with Crippen molar-refractivity contribution in [3.63, 3.8) is 0 Å². The number of hydrogen-bond donors (Lipinski definition) is 2. The van der Waals surface area contributed by atoms with E-state index in [0.717, 1.165) is 0 Å². The lowest BCUT2D eigenvalue weighted by Gasteiger charge is -2.17. The van der Waals surface area contributed by atoms with E-state index in [-0.39, 0.29) is 12.0 Å². The first-order valence-electron chi connectivity index (χ1n) is 7.06. The van der Waals surface area contributed by atoms with Crippen LogP contribution in [0.25, 0.3) is 0 Å². The van der Waals surface area contributed by atoms with Crippen molar-refractivity contribution in [2.24, 2.45) is 5.73 Å². The molecule has 2 amide bonds. The summed E-state index contributed by atoms with van der Waals surface area (Å²) in [6, 6.07) is 7.61. The summed E-state index contributed by atoms with van der Waals surface area (Å²) >= 11 is 0. The minimum atomic E-state index is -1.41. The number of rotatable bonds is 5. The average Bonchev–Trinajstić information content (AvgIpc) is 2.53. The van der Waals surface area contributed by atoms with E-state index in [9.17, 15) is 22.8 Å². The van der Waals surface area contributed by atoms with Crippen LogP contribution < -0.4 is 11.1 Å². The standard InChI is InChI=1S/C17H12F3N3O2/c18-11-6-12(19)15(13(20)7-11)17(25)23-14(16(22)24)5-9-3-1-2-4-10(9)8-21/h1-4,6-7,14H,5H2,(H2,22,24)(H,23,25)/t14-/m0/s1. The van der Waals surface area contributed by atoms with Gasteiger partial charge in [-0.1, -0.05) is 18.2 Å². The fourth-order valence-electron chi connectivity index (χ4n) is 2.24. The largest absolute Gasteiger partial charge is 0.368 e. The van der Waals surface area contributed by atoms with Gasteiger partial charge < -0.3 is 11.1 Å². The molecule has 0 aliphatic rings. The summed E-state index contributed by atoms with van der Waals surface area (Å²) in [6.45, 7) is 0. The molecule has 2 aromatic carbocycles. The molecular weight excluding hydrogens is 335 g/mol. The molecule has 0 aliphatic carbocycles. The Hall–Kier alpha value is -3.34. The van der Waals surface area contributed by atoms with Crippen LogP contribution in [0.3, 0.4) is 0 Å². The second kappa shape index (κ2) is 7.49. The van der Waals surface area contributed by atoms with Crippen LogP contribution in [0.5, 0.6) is 0 Å². The Morgan fingerprint density at radius 2 is 1.76 bits per heavy atom. The van der Waals surface area contributed by atoms with Crippen molar-refractivity contribution in [2.45, 2.75) is 12.5 Å². The minimum Gasteiger partial charge on any atom is -0.368 e. The zero-order valence-electron chi connectivity index (χ0n) is 12.7. The van der Waals surface area contributed by atoms with E-state index in [2.05, 4.69) is 5.32 Å². The summed E-state index contributed by atoms with van der Waals surface area (Å²) in [6.07, 6.45) is -0.144. The van der Waals surface area contributed by atoms with Crippen LogP contribution in [-0.4, -0.2) is 17.9 Å². The van der Waals surface area contributed by atoms with E-state index in [4.69, 9.17) is 11.0 Å². The lowest BCUT2D eigenvalue weighted by Crippen LogP contribution is -2.46. The molecule has 8 heteroatoms. The van der Waals surface area contributed by atoms with Crippen molar-refractivity contribution in [1.82, 2.24) is 5.32 Å². The number of carbonyl (C=O) groups is 2. The molecule has 25 heavy (non-hydrogen) atoms. The summed E-state index contributed by atoms with van der Waals surface area (Å²) in [5, 5.41) is 11.1. The van der Waals surface area contributed by atoms with E-state index in [1.54, 1.807) is 18.2 Å². The monoisotopic (exact) mass is 347 g/mol. The molecule has 0 saturated carbocycles. The van der Waals surface area contributed by atoms with Crippen LogP contribution in [0.1, 0.15) is 21.5 Å². The van der Waals surface area contributed by atoms with Crippen molar-refractivity contribution >= 4 is 11.8 Å². The Labute approximate surface area is 140 Å². The van der Waals surface area contributed by atoms with Crippen molar-refractivity contribution in [2.75, 3.05) is 0 Å². The maximum Gasteiger partial charge on any atom is 0.257 e. The number of nitrogens with two attached hydrogens (primary N) is 1. The molecule has 0 bridgehead atoms. The number of nitrogens with one attached hydrogen (secondary N) is 1. The third-order valence-electron chi connectivity index (χ3n) is 3.44. The molecule has 0 aliphatic heterocycles. The third-order valence-corrected chi connectivity index (χ3v) is 3.44. The number of nitriles is 1. The van der Waals surface area contributed by atoms with Crippen LogP contribution in [-0.2, 0) is 11.2 Å². The van der Waals surface area contributed by atoms with Gasteiger partial charge >= 0.3 is 0 Å². The van der Waals surface area contributed by atoms with Crippen molar-refractivity contribution < 1.29 is 22.8 Å². The Balaban J connectivity index is 2.27. The topological polar surface area (TPSA) is 96.0 Å². The van der Waals surface area contributed by atoms with E-state index in [1.807, 2.05) is 6.07 Å². The Morgan fingerprint density at radius 3 is 2.32 bits per heavy atom. The van der Waals surface area contributed by atoms with Crippen LogP contribution in [0.15, 0.2) is 36.4 Å². The molecule has 2 rings (SSSR count). The van der Waals surface area contributed by atoms with Gasteiger partial charge in [0.25, 0.3) is 5.91 Å². The smallest absolute Gasteiger partial charge is 0.257 e. The zero-order valence-corrected chi connectivity index (χ0v) is 12.7. The molecule has 3 N–H and O–H groups in total. The predicted octanol–water partition coefficient (Wildman–Crippen LogP) is 1.80. The van der Waals surface area contributed by atoms with Gasteiger partial charge in [0.2, 0.25) is 5.91 Å². The minimum absolute atomic E-state index is 0.144. The van der Waals surface area contributed by atoms with Gasteiger partial charge in [-0.25, -0.2) is 13.2 Å². The number of primary amides is 1. The fraction of sp³-hybridized carbons (Fsp3) is 0.118. The molecule has 0 heterocycles. The molecule has 0 fully saturated rings. The Kier molecular flexibility index (Phi) is 5.39.